The first-order chi connectivity index (χ1) is 10.7. The van der Waals surface area contributed by atoms with E-state index in [0.717, 1.165) is 38.2 Å². The van der Waals surface area contributed by atoms with Crippen molar-refractivity contribution in [3.05, 3.63) is 43.0 Å². The zero-order valence-electron chi connectivity index (χ0n) is 13.9. The molecule has 2 unspecified atom stereocenters. The van der Waals surface area contributed by atoms with E-state index in [2.05, 4.69) is 18.4 Å². The van der Waals surface area contributed by atoms with Crippen molar-refractivity contribution in [2.45, 2.75) is 39.2 Å². The van der Waals surface area contributed by atoms with E-state index in [9.17, 15) is 4.79 Å². The average Bonchev–Trinajstić information content (AvgIpc) is 2.55. The highest BCUT2D eigenvalue weighted by atomic mass is 16.2. The smallest absolute Gasteiger partial charge is 0.226 e. The fourth-order valence-corrected chi connectivity index (χ4v) is 3.36. The molecule has 0 N–H and O–H groups in total. The molecule has 1 aromatic rings. The molecule has 0 radical (unpaired) electrons. The number of benzene rings is 1. The van der Waals surface area contributed by atoms with Gasteiger partial charge in [-0.15, -0.1) is 6.58 Å². The number of likely N-dealkylation sites (tertiary alicyclic amines) is 1. The molecule has 1 aliphatic heterocycles. The number of hydrogen-bond acceptors (Lipinski definition) is 2. The number of carbonyl (C=O) groups is 1. The molecule has 3 heteroatoms. The van der Waals surface area contributed by atoms with E-state index in [1.54, 1.807) is 0 Å². The Morgan fingerprint density at radius 2 is 2.14 bits per heavy atom. The van der Waals surface area contributed by atoms with Crippen LogP contribution in [0.4, 0.5) is 5.69 Å². The molecule has 0 spiro atoms. The topological polar surface area (TPSA) is 23.6 Å². The first kappa shape index (κ1) is 16.8. The van der Waals surface area contributed by atoms with Crippen LogP contribution in [-0.4, -0.2) is 36.5 Å². The molecule has 1 amide bonds. The molecule has 2 atom stereocenters. The Morgan fingerprint density at radius 1 is 1.41 bits per heavy atom. The van der Waals surface area contributed by atoms with Gasteiger partial charge in [-0.2, -0.15) is 0 Å². The summed E-state index contributed by atoms with van der Waals surface area (Å²) in [5.74, 6) is 0.705. The number of para-hydroxylation sites is 1. The van der Waals surface area contributed by atoms with Crippen molar-refractivity contribution in [1.82, 2.24) is 4.90 Å². The highest BCUT2D eigenvalue weighted by Gasteiger charge is 2.33. The highest BCUT2D eigenvalue weighted by molar-refractivity contribution is 5.93. The predicted octanol–water partition coefficient (Wildman–Crippen LogP) is 3.72. The third-order valence-corrected chi connectivity index (χ3v) is 4.53. The van der Waals surface area contributed by atoms with Gasteiger partial charge in [-0.25, -0.2) is 0 Å². The highest BCUT2D eigenvalue weighted by Crippen LogP contribution is 2.28. The maximum absolute atomic E-state index is 12.5. The number of piperidine rings is 1. The van der Waals surface area contributed by atoms with Crippen LogP contribution in [-0.2, 0) is 4.79 Å². The number of rotatable bonds is 6. The lowest BCUT2D eigenvalue weighted by molar-refractivity contribution is -0.119. The number of hydrogen-bond donors (Lipinski definition) is 0. The van der Waals surface area contributed by atoms with Gasteiger partial charge in [0.15, 0.2) is 0 Å². The van der Waals surface area contributed by atoms with Crippen LogP contribution < -0.4 is 4.90 Å². The second-order valence-corrected chi connectivity index (χ2v) is 6.16. The van der Waals surface area contributed by atoms with E-state index in [-0.39, 0.29) is 5.91 Å². The van der Waals surface area contributed by atoms with E-state index >= 15 is 0 Å². The zero-order chi connectivity index (χ0) is 15.9. The number of amides is 1. The van der Waals surface area contributed by atoms with Crippen LogP contribution in [0.2, 0.25) is 0 Å². The first-order valence-corrected chi connectivity index (χ1v) is 8.37. The molecular formula is C19H28N2O. The molecule has 1 saturated heterocycles. The maximum Gasteiger partial charge on any atom is 0.226 e. The van der Waals surface area contributed by atoms with Gasteiger partial charge >= 0.3 is 0 Å². The van der Waals surface area contributed by atoms with Crippen molar-refractivity contribution < 1.29 is 4.79 Å². The van der Waals surface area contributed by atoms with Crippen LogP contribution in [0.25, 0.3) is 0 Å². The lowest BCUT2D eigenvalue weighted by Crippen LogP contribution is -2.52. The van der Waals surface area contributed by atoms with Crippen LogP contribution in [0.15, 0.2) is 43.0 Å². The molecule has 120 valence electrons. The van der Waals surface area contributed by atoms with Crippen molar-refractivity contribution in [3.8, 4) is 0 Å². The summed E-state index contributed by atoms with van der Waals surface area (Å²) in [5.41, 5.74) is 1.03. The van der Waals surface area contributed by atoms with Gasteiger partial charge in [0.25, 0.3) is 0 Å². The quantitative estimate of drug-likeness (QED) is 0.748. The van der Waals surface area contributed by atoms with Crippen LogP contribution in [0.5, 0.6) is 0 Å². The summed E-state index contributed by atoms with van der Waals surface area (Å²) in [4.78, 5) is 17.0. The average molecular weight is 300 g/mol. The first-order valence-electron chi connectivity index (χ1n) is 8.37. The summed E-state index contributed by atoms with van der Waals surface area (Å²) in [6, 6.07) is 10.4. The fourth-order valence-electron chi connectivity index (χ4n) is 3.36. The standard InChI is InChI=1S/C19H28N2O/c1-4-6-13-20-14-12-18(16(3)15-20)21(19(22)5-2)17-10-8-7-9-11-17/h4,7-11,16,18H,1,5-6,12-15H2,2-3H3. The van der Waals surface area contributed by atoms with E-state index in [1.807, 2.05) is 48.2 Å². The van der Waals surface area contributed by atoms with E-state index in [0.29, 0.717) is 18.4 Å². The van der Waals surface area contributed by atoms with Gasteiger partial charge in [0.2, 0.25) is 5.91 Å². The Labute approximate surface area is 134 Å². The Morgan fingerprint density at radius 3 is 2.73 bits per heavy atom. The molecule has 2 rings (SSSR count). The van der Waals surface area contributed by atoms with Crippen LogP contribution in [0.1, 0.15) is 33.1 Å². The summed E-state index contributed by atoms with van der Waals surface area (Å²) in [7, 11) is 0. The molecule has 1 fully saturated rings. The Balaban J connectivity index is 2.12. The monoisotopic (exact) mass is 300 g/mol. The maximum atomic E-state index is 12.5. The lowest BCUT2D eigenvalue weighted by Gasteiger charge is -2.42. The van der Waals surface area contributed by atoms with E-state index < -0.39 is 0 Å². The van der Waals surface area contributed by atoms with E-state index in [4.69, 9.17) is 0 Å². The van der Waals surface area contributed by atoms with Gasteiger partial charge < -0.3 is 9.80 Å². The van der Waals surface area contributed by atoms with Crippen LogP contribution >= 0.6 is 0 Å². The largest absolute Gasteiger partial charge is 0.309 e. The Hall–Kier alpha value is -1.61. The molecule has 0 saturated carbocycles. The molecule has 0 aliphatic carbocycles. The van der Waals surface area contributed by atoms with E-state index in [1.165, 1.54) is 0 Å². The normalized spacial score (nSPS) is 22.3. The minimum Gasteiger partial charge on any atom is -0.309 e. The predicted molar refractivity (Wildman–Crippen MR) is 93.0 cm³/mol. The second kappa shape index (κ2) is 8.14. The minimum absolute atomic E-state index is 0.225. The summed E-state index contributed by atoms with van der Waals surface area (Å²) in [6.45, 7) is 11.2. The molecular weight excluding hydrogens is 272 g/mol. The van der Waals surface area contributed by atoms with Gasteiger partial charge in [0.05, 0.1) is 0 Å². The summed E-state index contributed by atoms with van der Waals surface area (Å²) in [6.07, 6.45) is 4.61. The third kappa shape index (κ3) is 3.98. The van der Waals surface area contributed by atoms with Gasteiger partial charge in [0, 0.05) is 37.8 Å². The minimum atomic E-state index is 0.225. The SMILES string of the molecule is C=CCCN1CCC(N(C(=O)CC)c2ccccc2)C(C)C1. The second-order valence-electron chi connectivity index (χ2n) is 6.16. The number of anilines is 1. The number of nitrogens with zero attached hydrogens (tertiary/aromatic N) is 2. The third-order valence-electron chi connectivity index (χ3n) is 4.53. The molecule has 1 aromatic carbocycles. The van der Waals surface area contributed by atoms with Crippen molar-refractivity contribution in [1.29, 1.82) is 0 Å². The molecule has 22 heavy (non-hydrogen) atoms. The molecule has 1 aliphatic rings. The zero-order valence-corrected chi connectivity index (χ0v) is 13.9. The number of carbonyl (C=O) groups excluding carboxylic acids is 1. The Kier molecular flexibility index (Phi) is 6.20. The Bertz CT molecular complexity index is 485. The van der Waals surface area contributed by atoms with Crippen LogP contribution in [0, 0.1) is 5.92 Å². The summed E-state index contributed by atoms with van der Waals surface area (Å²) < 4.78 is 0. The molecule has 0 bridgehead atoms. The summed E-state index contributed by atoms with van der Waals surface area (Å²) >= 11 is 0. The molecule has 0 aromatic heterocycles. The van der Waals surface area contributed by atoms with Gasteiger partial charge in [-0.1, -0.05) is 38.1 Å². The van der Waals surface area contributed by atoms with Crippen molar-refractivity contribution in [3.63, 3.8) is 0 Å². The molecule has 3 nitrogen and oxygen atoms in total. The van der Waals surface area contributed by atoms with Gasteiger partial charge in [-0.3, -0.25) is 4.79 Å². The van der Waals surface area contributed by atoms with Crippen LogP contribution in [0.3, 0.4) is 0 Å². The van der Waals surface area contributed by atoms with Gasteiger partial charge in [-0.05, 0) is 30.9 Å². The van der Waals surface area contributed by atoms with Crippen molar-refractivity contribution in [2.75, 3.05) is 24.5 Å². The van der Waals surface area contributed by atoms with Crippen molar-refractivity contribution >= 4 is 11.6 Å². The summed E-state index contributed by atoms with van der Waals surface area (Å²) in [5, 5.41) is 0. The van der Waals surface area contributed by atoms with Crippen molar-refractivity contribution in [2.24, 2.45) is 5.92 Å². The molecule has 1 heterocycles. The van der Waals surface area contributed by atoms with Gasteiger partial charge in [0.1, 0.15) is 0 Å². The lowest BCUT2D eigenvalue weighted by atomic mass is 9.91. The fraction of sp³-hybridized carbons (Fsp3) is 0.526.